The number of ether oxygens (including phenoxy) is 2. The van der Waals surface area contributed by atoms with E-state index in [2.05, 4.69) is 5.32 Å². The van der Waals surface area contributed by atoms with Gasteiger partial charge < -0.3 is 14.8 Å². The van der Waals surface area contributed by atoms with E-state index in [-0.39, 0.29) is 23.7 Å². The summed E-state index contributed by atoms with van der Waals surface area (Å²) in [5, 5.41) is 3.28. The Kier molecular flexibility index (Phi) is 3.47. The molecule has 1 aromatic rings. The monoisotopic (exact) mass is 283 g/mol. The lowest BCUT2D eigenvalue weighted by atomic mass is 10.1. The average molecular weight is 283 g/mol. The highest BCUT2D eigenvalue weighted by Crippen LogP contribution is 2.25. The summed E-state index contributed by atoms with van der Waals surface area (Å²) in [6, 6.07) is 7.70. The number of benzene rings is 1. The molecule has 2 heterocycles. The van der Waals surface area contributed by atoms with Crippen LogP contribution in [0.25, 0.3) is 0 Å². The highest BCUT2D eigenvalue weighted by atomic mass is 32.2. The fourth-order valence-electron chi connectivity index (χ4n) is 2.35. The van der Waals surface area contributed by atoms with E-state index in [1.54, 1.807) is 0 Å². The van der Waals surface area contributed by atoms with Gasteiger partial charge in [0.1, 0.15) is 11.9 Å². The summed E-state index contributed by atoms with van der Waals surface area (Å²) in [6.07, 6.45) is -0.159. The quantitative estimate of drug-likeness (QED) is 0.876. The van der Waals surface area contributed by atoms with E-state index in [0.717, 1.165) is 18.7 Å². The molecular formula is C13H17NO4S. The summed E-state index contributed by atoms with van der Waals surface area (Å²) < 4.78 is 33.5. The van der Waals surface area contributed by atoms with Crippen LogP contribution in [0.4, 0.5) is 0 Å². The molecule has 0 amide bonds. The third-order valence-corrected chi connectivity index (χ3v) is 5.10. The van der Waals surface area contributed by atoms with Crippen LogP contribution in [0.15, 0.2) is 24.3 Å². The van der Waals surface area contributed by atoms with Crippen molar-refractivity contribution in [2.75, 3.05) is 31.2 Å². The van der Waals surface area contributed by atoms with Crippen molar-refractivity contribution >= 4 is 9.84 Å². The second-order valence-corrected chi connectivity index (χ2v) is 7.11. The van der Waals surface area contributed by atoms with Gasteiger partial charge in [-0.15, -0.1) is 0 Å². The second-order valence-electron chi connectivity index (χ2n) is 4.95. The Balaban J connectivity index is 1.66. The molecule has 2 aliphatic heterocycles. The Labute approximate surface area is 112 Å². The Morgan fingerprint density at radius 2 is 2.16 bits per heavy atom. The van der Waals surface area contributed by atoms with Crippen molar-refractivity contribution in [3.63, 3.8) is 0 Å². The molecular weight excluding hydrogens is 266 g/mol. The van der Waals surface area contributed by atoms with Crippen LogP contribution >= 0.6 is 0 Å². The minimum Gasteiger partial charge on any atom is -0.488 e. The molecule has 0 spiro atoms. The molecule has 1 N–H and O–H groups in total. The summed E-state index contributed by atoms with van der Waals surface area (Å²) in [7, 11) is -2.84. The first-order valence-corrected chi connectivity index (χ1v) is 8.24. The molecule has 6 heteroatoms. The van der Waals surface area contributed by atoms with Crippen LogP contribution in [-0.4, -0.2) is 45.7 Å². The van der Waals surface area contributed by atoms with Crippen LogP contribution in [-0.2, 0) is 14.6 Å². The SMILES string of the molecule is O=S1(=O)CC(Oc2cccc(C3CNCCO3)c2)C1. The first kappa shape index (κ1) is 12.9. The molecule has 2 fully saturated rings. The van der Waals surface area contributed by atoms with E-state index in [1.165, 1.54) is 0 Å². The number of morpholine rings is 1. The first-order chi connectivity index (χ1) is 9.12. The van der Waals surface area contributed by atoms with Crippen molar-refractivity contribution < 1.29 is 17.9 Å². The molecule has 0 saturated carbocycles. The smallest absolute Gasteiger partial charge is 0.157 e. The maximum absolute atomic E-state index is 11.1. The number of hydrogen-bond acceptors (Lipinski definition) is 5. The van der Waals surface area contributed by atoms with E-state index in [0.29, 0.717) is 12.4 Å². The minimum absolute atomic E-state index is 0.0439. The van der Waals surface area contributed by atoms with Gasteiger partial charge in [0.15, 0.2) is 9.84 Å². The van der Waals surface area contributed by atoms with Crippen LogP contribution in [0, 0.1) is 0 Å². The summed E-state index contributed by atoms with van der Waals surface area (Å²) in [4.78, 5) is 0. The van der Waals surface area contributed by atoms with Gasteiger partial charge in [0.25, 0.3) is 0 Å². The van der Waals surface area contributed by atoms with Crippen LogP contribution in [0.2, 0.25) is 0 Å². The lowest BCUT2D eigenvalue weighted by molar-refractivity contribution is 0.0275. The summed E-state index contributed by atoms with van der Waals surface area (Å²) >= 11 is 0. The Bertz CT molecular complexity index is 540. The van der Waals surface area contributed by atoms with Crippen molar-refractivity contribution in [3.8, 4) is 5.75 Å². The topological polar surface area (TPSA) is 64.6 Å². The second kappa shape index (κ2) is 5.11. The molecule has 2 saturated heterocycles. The molecule has 1 aromatic carbocycles. The molecule has 0 aromatic heterocycles. The molecule has 3 rings (SSSR count). The zero-order chi connectivity index (χ0) is 13.3. The first-order valence-electron chi connectivity index (χ1n) is 6.42. The molecule has 0 bridgehead atoms. The normalized spacial score (nSPS) is 26.6. The fourth-order valence-corrected chi connectivity index (χ4v) is 3.52. The highest BCUT2D eigenvalue weighted by molar-refractivity contribution is 7.92. The standard InChI is InChI=1S/C13H17NO4S/c15-19(16)8-12(9-19)18-11-3-1-2-10(6-11)13-7-14-4-5-17-13/h1-3,6,12-14H,4-5,7-9H2. The van der Waals surface area contributed by atoms with Crippen LogP contribution in [0.3, 0.4) is 0 Å². The number of sulfone groups is 1. The maximum Gasteiger partial charge on any atom is 0.157 e. The van der Waals surface area contributed by atoms with Crippen molar-refractivity contribution in [2.24, 2.45) is 0 Å². The van der Waals surface area contributed by atoms with Gasteiger partial charge >= 0.3 is 0 Å². The van der Waals surface area contributed by atoms with E-state index >= 15 is 0 Å². The lowest BCUT2D eigenvalue weighted by Crippen LogP contribution is -2.45. The molecule has 2 aliphatic rings. The van der Waals surface area contributed by atoms with Crippen molar-refractivity contribution in [1.82, 2.24) is 5.32 Å². The maximum atomic E-state index is 11.1. The Morgan fingerprint density at radius 1 is 1.32 bits per heavy atom. The minimum atomic E-state index is -2.84. The van der Waals surface area contributed by atoms with Gasteiger partial charge in [-0.2, -0.15) is 0 Å². The van der Waals surface area contributed by atoms with Crippen molar-refractivity contribution in [3.05, 3.63) is 29.8 Å². The molecule has 0 radical (unpaired) electrons. The predicted molar refractivity (Wildman–Crippen MR) is 71.1 cm³/mol. The third-order valence-electron chi connectivity index (χ3n) is 3.34. The summed E-state index contributed by atoms with van der Waals surface area (Å²) in [5.74, 6) is 0.962. The van der Waals surface area contributed by atoms with Crippen LogP contribution in [0.1, 0.15) is 11.7 Å². The average Bonchev–Trinajstić information content (AvgIpc) is 2.38. The summed E-state index contributed by atoms with van der Waals surface area (Å²) in [5.41, 5.74) is 1.06. The van der Waals surface area contributed by atoms with E-state index < -0.39 is 9.84 Å². The molecule has 5 nitrogen and oxygen atoms in total. The van der Waals surface area contributed by atoms with Gasteiger partial charge in [-0.25, -0.2) is 8.42 Å². The van der Waals surface area contributed by atoms with Gasteiger partial charge in [-0.1, -0.05) is 12.1 Å². The van der Waals surface area contributed by atoms with E-state index in [9.17, 15) is 8.42 Å². The Morgan fingerprint density at radius 3 is 2.84 bits per heavy atom. The molecule has 1 atom stereocenters. The molecule has 1 unspecified atom stereocenters. The third kappa shape index (κ3) is 3.08. The number of hydrogen-bond donors (Lipinski definition) is 1. The zero-order valence-corrected chi connectivity index (χ0v) is 11.4. The van der Waals surface area contributed by atoms with E-state index in [1.807, 2.05) is 24.3 Å². The Hall–Kier alpha value is -1.11. The largest absolute Gasteiger partial charge is 0.488 e. The van der Waals surface area contributed by atoms with E-state index in [4.69, 9.17) is 9.47 Å². The van der Waals surface area contributed by atoms with Crippen LogP contribution < -0.4 is 10.1 Å². The van der Waals surface area contributed by atoms with Gasteiger partial charge in [-0.05, 0) is 17.7 Å². The highest BCUT2D eigenvalue weighted by Gasteiger charge is 2.35. The molecule has 19 heavy (non-hydrogen) atoms. The molecule has 0 aliphatic carbocycles. The zero-order valence-electron chi connectivity index (χ0n) is 10.5. The van der Waals surface area contributed by atoms with Gasteiger partial charge in [0.05, 0.1) is 24.2 Å². The van der Waals surface area contributed by atoms with Gasteiger partial charge in [-0.3, -0.25) is 0 Å². The predicted octanol–water partition coefficient (Wildman–Crippen LogP) is 0.523. The lowest BCUT2D eigenvalue weighted by Gasteiger charge is -2.28. The molecule has 104 valence electrons. The fraction of sp³-hybridized carbons (Fsp3) is 0.538. The van der Waals surface area contributed by atoms with Crippen molar-refractivity contribution in [2.45, 2.75) is 12.2 Å². The summed E-state index contributed by atoms with van der Waals surface area (Å²) in [6.45, 7) is 2.38. The van der Waals surface area contributed by atoms with Gasteiger partial charge in [0.2, 0.25) is 0 Å². The van der Waals surface area contributed by atoms with Crippen LogP contribution in [0.5, 0.6) is 5.75 Å². The van der Waals surface area contributed by atoms with Gasteiger partial charge in [0, 0.05) is 13.1 Å². The number of rotatable bonds is 3. The number of nitrogens with one attached hydrogen (secondary N) is 1. The van der Waals surface area contributed by atoms with Crippen molar-refractivity contribution in [1.29, 1.82) is 0 Å².